The summed E-state index contributed by atoms with van der Waals surface area (Å²) in [5.74, 6) is -0.914. The third kappa shape index (κ3) is 7.58. The van der Waals surface area contributed by atoms with Crippen LogP contribution in [-0.2, 0) is 15.6 Å². The Labute approximate surface area is 165 Å². The zero-order valence-electron chi connectivity index (χ0n) is 18.3. The first-order valence-electron chi connectivity index (χ1n) is 9.79. The highest BCUT2D eigenvalue weighted by atomic mass is 16.4. The topological polar surface area (TPSA) is 37.3 Å². The highest BCUT2D eigenvalue weighted by Crippen LogP contribution is 2.33. The maximum absolute atomic E-state index is 10.8. The van der Waals surface area contributed by atoms with Crippen molar-refractivity contribution in [3.05, 3.63) is 64.8 Å². The predicted molar refractivity (Wildman–Crippen MR) is 117 cm³/mol. The number of allylic oxidation sites excluding steroid dienone is 5. The number of hydrogen-bond acceptors (Lipinski definition) is 1. The van der Waals surface area contributed by atoms with Gasteiger partial charge in [0.1, 0.15) is 0 Å². The molecule has 1 aromatic rings. The molecular weight excluding hydrogens is 332 g/mol. The van der Waals surface area contributed by atoms with E-state index in [9.17, 15) is 4.79 Å². The van der Waals surface area contributed by atoms with Crippen LogP contribution >= 0.6 is 0 Å². The molecule has 0 amide bonds. The molecule has 0 aliphatic heterocycles. The number of carbonyl (C=O) groups is 1. The minimum Gasteiger partial charge on any atom is -0.478 e. The van der Waals surface area contributed by atoms with Gasteiger partial charge in [-0.1, -0.05) is 91.3 Å². The van der Waals surface area contributed by atoms with Crippen molar-refractivity contribution in [3.8, 4) is 0 Å². The first kappa shape index (κ1) is 23.0. The Morgan fingerprint density at radius 3 is 1.93 bits per heavy atom. The van der Waals surface area contributed by atoms with Crippen molar-refractivity contribution in [1.29, 1.82) is 0 Å². The van der Waals surface area contributed by atoms with Crippen molar-refractivity contribution >= 4 is 11.5 Å². The molecule has 0 fully saturated rings. The number of carboxylic acid groups (broad SMARTS) is 1. The number of carboxylic acids is 1. The lowest BCUT2D eigenvalue weighted by molar-refractivity contribution is -0.131. The maximum Gasteiger partial charge on any atom is 0.328 e. The first-order chi connectivity index (χ1) is 12.3. The largest absolute Gasteiger partial charge is 0.478 e. The van der Waals surface area contributed by atoms with Gasteiger partial charge >= 0.3 is 5.97 Å². The molecule has 0 aromatic heterocycles. The van der Waals surface area contributed by atoms with Gasteiger partial charge in [0, 0.05) is 6.08 Å². The van der Waals surface area contributed by atoms with E-state index < -0.39 is 5.97 Å². The summed E-state index contributed by atoms with van der Waals surface area (Å²) in [5.41, 5.74) is 6.14. The van der Waals surface area contributed by atoms with E-state index in [0.717, 1.165) is 18.4 Å². The minimum atomic E-state index is -0.914. The Balaban J connectivity index is 3.44. The summed E-state index contributed by atoms with van der Waals surface area (Å²) in [6.45, 7) is 17.5. The van der Waals surface area contributed by atoms with E-state index in [1.807, 2.05) is 12.2 Å². The van der Waals surface area contributed by atoms with E-state index in [1.54, 1.807) is 6.92 Å². The SMILES string of the molecule is CCCC(=C/C=C/C(C)=C/C(=O)O)c1cc(C(C)(C)C)cc(C(C)(C)C)c1. The van der Waals surface area contributed by atoms with Crippen molar-refractivity contribution in [2.75, 3.05) is 0 Å². The van der Waals surface area contributed by atoms with E-state index >= 15 is 0 Å². The molecular formula is C25H36O2. The van der Waals surface area contributed by atoms with Gasteiger partial charge in [-0.3, -0.25) is 0 Å². The standard InChI is InChI=1S/C25H36O2/c1-9-11-19(13-10-12-18(2)14-23(26)27)20-15-21(24(3,4)5)17-22(16-20)25(6,7)8/h10,12-17H,9,11H2,1-8H3,(H,26,27)/b12-10+,18-14+,19-13?. The summed E-state index contributed by atoms with van der Waals surface area (Å²) in [7, 11) is 0. The van der Waals surface area contributed by atoms with Gasteiger partial charge in [-0.05, 0) is 52.0 Å². The third-order valence-corrected chi connectivity index (χ3v) is 4.56. The van der Waals surface area contributed by atoms with Crippen LogP contribution in [0.4, 0.5) is 0 Å². The summed E-state index contributed by atoms with van der Waals surface area (Å²) in [5, 5.41) is 8.84. The Bertz CT molecular complexity index is 715. The third-order valence-electron chi connectivity index (χ3n) is 4.56. The van der Waals surface area contributed by atoms with E-state index in [1.165, 1.54) is 28.3 Å². The Morgan fingerprint density at radius 1 is 1.00 bits per heavy atom. The van der Waals surface area contributed by atoms with Crippen LogP contribution in [0.25, 0.3) is 5.57 Å². The number of rotatable bonds is 6. The number of aliphatic carboxylic acids is 1. The van der Waals surface area contributed by atoms with E-state index in [4.69, 9.17) is 5.11 Å². The first-order valence-corrected chi connectivity index (χ1v) is 9.79. The second kappa shape index (κ2) is 9.21. The lowest BCUT2D eigenvalue weighted by Gasteiger charge is -2.26. The molecule has 2 nitrogen and oxygen atoms in total. The molecule has 0 aliphatic carbocycles. The van der Waals surface area contributed by atoms with Crippen LogP contribution in [0, 0.1) is 0 Å². The van der Waals surface area contributed by atoms with Gasteiger partial charge in [-0.2, -0.15) is 0 Å². The smallest absolute Gasteiger partial charge is 0.328 e. The molecule has 0 heterocycles. The highest BCUT2D eigenvalue weighted by molar-refractivity contribution is 5.81. The molecule has 0 spiro atoms. The van der Waals surface area contributed by atoms with Crippen LogP contribution in [0.2, 0.25) is 0 Å². The summed E-state index contributed by atoms with van der Waals surface area (Å²) in [6.07, 6.45) is 9.21. The van der Waals surface area contributed by atoms with Gasteiger partial charge < -0.3 is 5.11 Å². The molecule has 0 unspecified atom stereocenters. The normalized spacial score (nSPS) is 14.1. The molecule has 0 bridgehead atoms. The summed E-state index contributed by atoms with van der Waals surface area (Å²) >= 11 is 0. The van der Waals surface area contributed by atoms with Crippen molar-refractivity contribution in [2.24, 2.45) is 0 Å². The molecule has 2 heteroatoms. The molecule has 1 aromatic carbocycles. The zero-order valence-corrected chi connectivity index (χ0v) is 18.3. The van der Waals surface area contributed by atoms with Crippen LogP contribution < -0.4 is 0 Å². The maximum atomic E-state index is 10.8. The van der Waals surface area contributed by atoms with Crippen molar-refractivity contribution in [2.45, 2.75) is 79.1 Å². The molecule has 0 saturated heterocycles. The Hall–Kier alpha value is -2.09. The fourth-order valence-corrected chi connectivity index (χ4v) is 2.83. The summed E-state index contributed by atoms with van der Waals surface area (Å²) in [6, 6.07) is 6.96. The molecule has 148 valence electrons. The van der Waals surface area contributed by atoms with Crippen LogP contribution in [0.1, 0.15) is 84.9 Å². The van der Waals surface area contributed by atoms with Gasteiger partial charge in [0.15, 0.2) is 0 Å². The molecule has 1 rings (SSSR count). The second-order valence-electron chi connectivity index (χ2n) is 9.33. The van der Waals surface area contributed by atoms with Crippen molar-refractivity contribution < 1.29 is 9.90 Å². The van der Waals surface area contributed by atoms with Gasteiger partial charge in [0.2, 0.25) is 0 Å². The highest BCUT2D eigenvalue weighted by Gasteiger charge is 2.21. The van der Waals surface area contributed by atoms with E-state index in [-0.39, 0.29) is 10.8 Å². The Morgan fingerprint density at radius 2 is 1.52 bits per heavy atom. The average molecular weight is 369 g/mol. The predicted octanol–water partition coefficient (Wildman–Crippen LogP) is 7.05. The number of hydrogen-bond donors (Lipinski definition) is 1. The van der Waals surface area contributed by atoms with Crippen LogP contribution in [-0.4, -0.2) is 11.1 Å². The van der Waals surface area contributed by atoms with Crippen LogP contribution in [0.3, 0.4) is 0 Å². The van der Waals surface area contributed by atoms with Gasteiger partial charge in [-0.15, -0.1) is 0 Å². The van der Waals surface area contributed by atoms with Gasteiger partial charge in [0.05, 0.1) is 0 Å². The molecule has 0 radical (unpaired) electrons. The molecule has 0 saturated carbocycles. The Kier molecular flexibility index (Phi) is 7.83. The van der Waals surface area contributed by atoms with E-state index in [0.29, 0.717) is 0 Å². The summed E-state index contributed by atoms with van der Waals surface area (Å²) < 4.78 is 0. The van der Waals surface area contributed by atoms with Crippen molar-refractivity contribution in [3.63, 3.8) is 0 Å². The fraction of sp³-hybridized carbons (Fsp3) is 0.480. The molecule has 0 atom stereocenters. The lowest BCUT2D eigenvalue weighted by Crippen LogP contribution is -2.17. The van der Waals surface area contributed by atoms with Crippen molar-refractivity contribution in [1.82, 2.24) is 0 Å². The minimum absolute atomic E-state index is 0.0873. The second-order valence-corrected chi connectivity index (χ2v) is 9.33. The average Bonchev–Trinajstić information content (AvgIpc) is 2.51. The molecule has 0 aliphatic rings. The van der Waals surface area contributed by atoms with Gasteiger partial charge in [-0.25, -0.2) is 4.79 Å². The molecule has 27 heavy (non-hydrogen) atoms. The van der Waals surface area contributed by atoms with Gasteiger partial charge in [0.25, 0.3) is 0 Å². The zero-order chi connectivity index (χ0) is 20.8. The lowest BCUT2D eigenvalue weighted by atomic mass is 9.78. The monoisotopic (exact) mass is 368 g/mol. The fourth-order valence-electron chi connectivity index (χ4n) is 2.83. The molecule has 1 N–H and O–H groups in total. The quantitative estimate of drug-likeness (QED) is 0.431. The van der Waals surface area contributed by atoms with E-state index in [2.05, 4.69) is 72.7 Å². The number of benzene rings is 1. The van der Waals surface area contributed by atoms with Crippen LogP contribution in [0.5, 0.6) is 0 Å². The van der Waals surface area contributed by atoms with Crippen LogP contribution in [0.15, 0.2) is 48.1 Å². The summed E-state index contributed by atoms with van der Waals surface area (Å²) in [4.78, 5) is 10.8.